The molecule has 0 spiro atoms. The molecule has 0 aliphatic carbocycles. The third-order valence-electron chi connectivity index (χ3n) is 4.15. The van der Waals surface area contributed by atoms with Gasteiger partial charge < -0.3 is 14.7 Å². The first-order chi connectivity index (χ1) is 11.7. The minimum atomic E-state index is -0.895. The number of aliphatic hydroxyl groups is 1. The van der Waals surface area contributed by atoms with Gasteiger partial charge in [0.15, 0.2) is 0 Å². The van der Waals surface area contributed by atoms with Gasteiger partial charge in [-0.3, -0.25) is 0 Å². The number of nitrogens with zero attached hydrogens (tertiary/aromatic N) is 2. The lowest BCUT2D eigenvalue weighted by atomic mass is 9.98. The number of hydrogen-bond donors (Lipinski definition) is 1. The van der Waals surface area contributed by atoms with Gasteiger partial charge in [0.05, 0.1) is 17.6 Å². The van der Waals surface area contributed by atoms with Crippen LogP contribution in [-0.4, -0.2) is 29.9 Å². The van der Waals surface area contributed by atoms with E-state index in [1.165, 1.54) is 0 Å². The summed E-state index contributed by atoms with van der Waals surface area (Å²) >= 11 is 0. The molecule has 2 aromatic carbocycles. The first-order valence-corrected chi connectivity index (χ1v) is 8.57. The summed E-state index contributed by atoms with van der Waals surface area (Å²) in [6.45, 7) is 10.6. The van der Waals surface area contributed by atoms with Crippen LogP contribution in [0.2, 0.25) is 0 Å². The van der Waals surface area contributed by atoms with Crippen molar-refractivity contribution in [3.63, 3.8) is 0 Å². The minimum Gasteiger partial charge on any atom is -0.457 e. The Morgan fingerprint density at radius 2 is 1.88 bits per heavy atom. The fourth-order valence-corrected chi connectivity index (χ4v) is 2.33. The molecule has 0 saturated heterocycles. The van der Waals surface area contributed by atoms with Gasteiger partial charge >= 0.3 is 0 Å². The third-order valence-corrected chi connectivity index (χ3v) is 4.15. The zero-order chi connectivity index (χ0) is 18.6. The second-order valence-corrected chi connectivity index (χ2v) is 6.91. The summed E-state index contributed by atoms with van der Waals surface area (Å²) in [5.41, 5.74) is 2.94. The van der Waals surface area contributed by atoms with Gasteiger partial charge in [0, 0.05) is 13.6 Å². The Labute approximate surface area is 150 Å². The standard InChI is InChI=1S/C21H28N2O2/c1-7-23(6)14-22-19-11-16(3)20(12-15(19)2)25-18-10-8-9-17(13-18)21(4,5)24/h8-14,24H,7H2,1-6H3/b22-14+. The van der Waals surface area contributed by atoms with Gasteiger partial charge in [-0.25, -0.2) is 4.99 Å². The van der Waals surface area contributed by atoms with Crippen LogP contribution in [-0.2, 0) is 5.60 Å². The van der Waals surface area contributed by atoms with Crippen LogP contribution in [0.15, 0.2) is 41.4 Å². The van der Waals surface area contributed by atoms with Crippen molar-refractivity contribution in [3.8, 4) is 11.5 Å². The smallest absolute Gasteiger partial charge is 0.130 e. The largest absolute Gasteiger partial charge is 0.457 e. The Morgan fingerprint density at radius 1 is 1.16 bits per heavy atom. The topological polar surface area (TPSA) is 45.1 Å². The maximum absolute atomic E-state index is 10.2. The number of ether oxygens (including phenoxy) is 1. The summed E-state index contributed by atoms with van der Waals surface area (Å²) in [5, 5.41) is 10.2. The first-order valence-electron chi connectivity index (χ1n) is 8.57. The summed E-state index contributed by atoms with van der Waals surface area (Å²) in [4.78, 5) is 6.57. The molecule has 25 heavy (non-hydrogen) atoms. The van der Waals surface area contributed by atoms with Gasteiger partial charge in [0.1, 0.15) is 11.5 Å². The Morgan fingerprint density at radius 3 is 2.52 bits per heavy atom. The SMILES string of the molecule is CCN(C)/C=N/c1cc(C)c(Oc2cccc(C(C)(C)O)c2)cc1C. The van der Waals surface area contributed by atoms with E-state index in [-0.39, 0.29) is 0 Å². The van der Waals surface area contributed by atoms with Crippen LogP contribution in [0.4, 0.5) is 5.69 Å². The molecule has 0 aliphatic heterocycles. The van der Waals surface area contributed by atoms with Crippen molar-refractivity contribution in [1.82, 2.24) is 4.90 Å². The number of hydrogen-bond acceptors (Lipinski definition) is 3. The van der Waals surface area contributed by atoms with Crippen molar-refractivity contribution < 1.29 is 9.84 Å². The lowest BCUT2D eigenvalue weighted by Gasteiger charge is -2.19. The molecule has 4 nitrogen and oxygen atoms in total. The van der Waals surface area contributed by atoms with Gasteiger partial charge in [0.2, 0.25) is 0 Å². The highest BCUT2D eigenvalue weighted by Gasteiger charge is 2.16. The normalized spacial score (nSPS) is 11.8. The van der Waals surface area contributed by atoms with Gasteiger partial charge in [-0.1, -0.05) is 12.1 Å². The van der Waals surface area contributed by atoms with Crippen LogP contribution < -0.4 is 4.74 Å². The Hall–Kier alpha value is -2.33. The molecule has 0 amide bonds. The summed E-state index contributed by atoms with van der Waals surface area (Å²) in [6, 6.07) is 11.6. The fourth-order valence-electron chi connectivity index (χ4n) is 2.33. The van der Waals surface area contributed by atoms with E-state index >= 15 is 0 Å². The second-order valence-electron chi connectivity index (χ2n) is 6.91. The van der Waals surface area contributed by atoms with E-state index in [1.807, 2.05) is 68.5 Å². The fraction of sp³-hybridized carbons (Fsp3) is 0.381. The monoisotopic (exact) mass is 340 g/mol. The molecule has 4 heteroatoms. The highest BCUT2D eigenvalue weighted by atomic mass is 16.5. The number of rotatable bonds is 6. The van der Waals surface area contributed by atoms with Gasteiger partial charge in [0.25, 0.3) is 0 Å². The van der Waals surface area contributed by atoms with Crippen molar-refractivity contribution in [2.24, 2.45) is 4.99 Å². The van der Waals surface area contributed by atoms with E-state index in [2.05, 4.69) is 11.9 Å². The van der Waals surface area contributed by atoms with Crippen molar-refractivity contribution in [2.75, 3.05) is 13.6 Å². The van der Waals surface area contributed by atoms with Crippen LogP contribution in [0.5, 0.6) is 11.5 Å². The van der Waals surface area contributed by atoms with Gasteiger partial charge in [-0.2, -0.15) is 0 Å². The quantitative estimate of drug-likeness (QED) is 0.599. The minimum absolute atomic E-state index is 0.712. The maximum Gasteiger partial charge on any atom is 0.130 e. The van der Waals surface area contributed by atoms with Crippen molar-refractivity contribution in [2.45, 2.75) is 40.2 Å². The Bertz CT molecular complexity index is 761. The Balaban J connectivity index is 2.27. The van der Waals surface area contributed by atoms with Crippen molar-refractivity contribution in [3.05, 3.63) is 53.1 Å². The molecule has 0 radical (unpaired) electrons. The molecule has 0 aromatic heterocycles. The maximum atomic E-state index is 10.2. The molecule has 0 atom stereocenters. The van der Waals surface area contributed by atoms with E-state index < -0.39 is 5.60 Å². The van der Waals surface area contributed by atoms with E-state index in [4.69, 9.17) is 4.74 Å². The predicted octanol–water partition coefficient (Wildman–Crippen LogP) is 4.93. The third kappa shape index (κ3) is 5.07. The molecule has 134 valence electrons. The van der Waals surface area contributed by atoms with Crippen LogP contribution in [0.1, 0.15) is 37.5 Å². The molecule has 2 aromatic rings. The van der Waals surface area contributed by atoms with Crippen LogP contribution in [0, 0.1) is 13.8 Å². The molecule has 0 bridgehead atoms. The molecule has 0 aliphatic rings. The van der Waals surface area contributed by atoms with E-state index in [9.17, 15) is 5.11 Å². The summed E-state index contributed by atoms with van der Waals surface area (Å²) < 4.78 is 6.05. The van der Waals surface area contributed by atoms with Gasteiger partial charge in [-0.15, -0.1) is 0 Å². The lowest BCUT2D eigenvalue weighted by Crippen LogP contribution is -2.15. The van der Waals surface area contributed by atoms with Crippen molar-refractivity contribution in [1.29, 1.82) is 0 Å². The zero-order valence-electron chi connectivity index (χ0n) is 16.0. The molecular formula is C21H28N2O2. The number of benzene rings is 2. The lowest BCUT2D eigenvalue weighted by molar-refractivity contribution is 0.0784. The van der Waals surface area contributed by atoms with Crippen molar-refractivity contribution >= 4 is 12.0 Å². The highest BCUT2D eigenvalue weighted by molar-refractivity contribution is 5.64. The van der Waals surface area contributed by atoms with E-state index in [0.717, 1.165) is 34.7 Å². The van der Waals surface area contributed by atoms with E-state index in [1.54, 1.807) is 13.8 Å². The summed E-state index contributed by atoms with van der Waals surface area (Å²) in [7, 11) is 2.00. The van der Waals surface area contributed by atoms with Crippen LogP contribution in [0.25, 0.3) is 0 Å². The second kappa shape index (κ2) is 7.70. The van der Waals surface area contributed by atoms with Crippen LogP contribution in [0.3, 0.4) is 0 Å². The van der Waals surface area contributed by atoms with E-state index in [0.29, 0.717) is 5.75 Å². The summed E-state index contributed by atoms with van der Waals surface area (Å²) in [5.74, 6) is 1.51. The molecule has 0 heterocycles. The number of aryl methyl sites for hydroxylation is 2. The molecular weight excluding hydrogens is 312 g/mol. The Kier molecular flexibility index (Phi) is 5.85. The molecule has 1 N–H and O–H groups in total. The molecule has 0 unspecified atom stereocenters. The molecule has 0 fully saturated rings. The predicted molar refractivity (Wildman–Crippen MR) is 104 cm³/mol. The summed E-state index contributed by atoms with van der Waals surface area (Å²) in [6.07, 6.45) is 1.84. The average Bonchev–Trinajstić information content (AvgIpc) is 2.55. The van der Waals surface area contributed by atoms with Gasteiger partial charge in [-0.05, 0) is 75.6 Å². The molecule has 0 saturated carbocycles. The zero-order valence-corrected chi connectivity index (χ0v) is 16.0. The number of aliphatic imine (C=N–C) groups is 1. The average molecular weight is 340 g/mol. The van der Waals surface area contributed by atoms with Crippen LogP contribution >= 0.6 is 0 Å². The molecule has 2 rings (SSSR count). The highest BCUT2D eigenvalue weighted by Crippen LogP contribution is 2.32. The first kappa shape index (κ1) is 19.0.